The second-order valence-electron chi connectivity index (χ2n) is 7.99. The minimum atomic E-state index is -0.960. The minimum absolute atomic E-state index is 0.255. The molecule has 2 amide bonds. The van der Waals surface area contributed by atoms with Crippen molar-refractivity contribution < 1.29 is 14.7 Å². The summed E-state index contributed by atoms with van der Waals surface area (Å²) in [4.78, 5) is 27.4. The zero-order chi connectivity index (χ0) is 22.8. The number of rotatable bonds is 5. The number of benzene rings is 1. The van der Waals surface area contributed by atoms with Gasteiger partial charge in [-0.15, -0.1) is 0 Å². The number of halogens is 2. The number of fused-ring (bicyclic) bond motifs is 1. The molecule has 0 radical (unpaired) electrons. The Morgan fingerprint density at radius 1 is 1.25 bits per heavy atom. The first kappa shape index (κ1) is 23.8. The molecule has 1 unspecified atom stereocenters. The fraction of sp³-hybridized carbons (Fsp3) is 0.476. The molecule has 3 N–H and O–H groups in total. The number of hydrogen-bond acceptors (Lipinski definition) is 6. The van der Waals surface area contributed by atoms with Gasteiger partial charge in [-0.05, 0) is 34.7 Å². The number of amides is 2. The van der Waals surface area contributed by atoms with Crippen molar-refractivity contribution in [2.75, 3.05) is 37.7 Å². The maximum atomic E-state index is 12.2. The highest BCUT2D eigenvalue weighted by Crippen LogP contribution is 2.33. The molecule has 8 nitrogen and oxygen atoms in total. The maximum absolute atomic E-state index is 12.2. The zero-order valence-corrected chi connectivity index (χ0v) is 21.2. The minimum Gasteiger partial charge on any atom is -0.390 e. The fourth-order valence-electron chi connectivity index (χ4n) is 4.19. The van der Waals surface area contributed by atoms with Crippen LogP contribution in [-0.4, -0.2) is 80.3 Å². The topological polar surface area (TPSA) is 105 Å². The number of aromatic nitrogens is 2. The van der Waals surface area contributed by atoms with Gasteiger partial charge in [0, 0.05) is 64.5 Å². The summed E-state index contributed by atoms with van der Waals surface area (Å²) in [6.45, 7) is 3.59. The van der Waals surface area contributed by atoms with Crippen LogP contribution in [0.25, 0.3) is 11.3 Å². The molecule has 0 spiro atoms. The third-order valence-electron chi connectivity index (χ3n) is 5.78. The molecular weight excluding hydrogens is 565 g/mol. The molecule has 11 heteroatoms. The second-order valence-corrected chi connectivity index (χ2v) is 10.8. The van der Waals surface area contributed by atoms with Crippen LogP contribution in [0.15, 0.2) is 18.2 Å². The highest BCUT2D eigenvalue weighted by molar-refractivity contribution is 14.1. The van der Waals surface area contributed by atoms with E-state index in [0.717, 1.165) is 50.7 Å². The number of carbonyl (C=O) groups is 2. The average molecular weight is 590 g/mol. The van der Waals surface area contributed by atoms with Crippen LogP contribution in [0.3, 0.4) is 0 Å². The first-order chi connectivity index (χ1) is 15.3. The number of aliphatic hydroxyl groups excluding tert-OH is 1. The molecule has 0 aliphatic carbocycles. The van der Waals surface area contributed by atoms with Crippen LogP contribution in [0.4, 0.5) is 0 Å². The summed E-state index contributed by atoms with van der Waals surface area (Å²) in [5, 5.41) is 16.3. The van der Waals surface area contributed by atoms with Gasteiger partial charge in [0.2, 0.25) is 0 Å². The van der Waals surface area contributed by atoms with Gasteiger partial charge in [0.25, 0.3) is 0 Å². The van der Waals surface area contributed by atoms with Gasteiger partial charge in [0.05, 0.1) is 29.9 Å². The Labute approximate surface area is 209 Å². The third-order valence-corrected chi connectivity index (χ3v) is 8.26. The van der Waals surface area contributed by atoms with Crippen molar-refractivity contribution in [3.63, 3.8) is 0 Å². The van der Waals surface area contributed by atoms with E-state index in [4.69, 9.17) is 22.4 Å². The molecule has 32 heavy (non-hydrogen) atoms. The van der Waals surface area contributed by atoms with Gasteiger partial charge < -0.3 is 15.7 Å². The first-order valence-corrected chi connectivity index (χ1v) is 13.1. The second kappa shape index (κ2) is 10.3. The fourth-order valence-corrected chi connectivity index (χ4v) is 5.80. The number of nitrogens with zero attached hydrogens (tertiary/aromatic N) is 4. The summed E-state index contributed by atoms with van der Waals surface area (Å²) >= 11 is 10.3. The molecule has 1 atom stereocenters. The molecule has 2 aromatic rings. The van der Waals surface area contributed by atoms with Gasteiger partial charge in [0.15, 0.2) is 0 Å². The number of carbonyl (C=O) groups excluding carboxylic acids is 2. The van der Waals surface area contributed by atoms with E-state index >= 15 is 0 Å². The van der Waals surface area contributed by atoms with Crippen LogP contribution >= 0.6 is 46.0 Å². The third kappa shape index (κ3) is 5.24. The number of β-amino-alcohol motifs (C(OH)–C–C–N with tert-alkyl or cyclic N) is 1. The Bertz CT molecular complexity index is 1030. The van der Waals surface area contributed by atoms with Crippen LogP contribution < -0.4 is 5.73 Å². The Morgan fingerprint density at radius 3 is 2.69 bits per heavy atom. The van der Waals surface area contributed by atoms with Crippen molar-refractivity contribution in [2.45, 2.75) is 25.6 Å². The van der Waals surface area contributed by atoms with Gasteiger partial charge >= 0.3 is 11.8 Å². The normalized spacial score (nSPS) is 17.8. The van der Waals surface area contributed by atoms with E-state index in [1.807, 2.05) is 34.6 Å². The van der Waals surface area contributed by atoms with Crippen molar-refractivity contribution in [1.29, 1.82) is 0 Å². The molecule has 1 aromatic carbocycles. The molecule has 4 rings (SSSR count). The van der Waals surface area contributed by atoms with E-state index in [1.54, 1.807) is 0 Å². The van der Waals surface area contributed by atoms with Crippen molar-refractivity contribution in [1.82, 2.24) is 19.6 Å². The molecule has 172 valence electrons. The summed E-state index contributed by atoms with van der Waals surface area (Å²) < 4.78 is 2.76. The number of thioether (sulfide) groups is 1. The van der Waals surface area contributed by atoms with Gasteiger partial charge in [-0.2, -0.15) is 16.9 Å². The van der Waals surface area contributed by atoms with Crippen molar-refractivity contribution in [3.05, 3.63) is 38.0 Å². The summed E-state index contributed by atoms with van der Waals surface area (Å²) in [6.07, 6.45) is -0.00960. The lowest BCUT2D eigenvalue weighted by molar-refractivity contribution is -0.144. The molecule has 3 heterocycles. The number of primary amides is 1. The molecule has 1 saturated heterocycles. The van der Waals surface area contributed by atoms with Crippen LogP contribution in [0.5, 0.6) is 0 Å². The van der Waals surface area contributed by atoms with E-state index in [-0.39, 0.29) is 6.54 Å². The van der Waals surface area contributed by atoms with Crippen LogP contribution in [0.2, 0.25) is 5.02 Å². The predicted octanol–water partition coefficient (Wildman–Crippen LogP) is 1.59. The summed E-state index contributed by atoms with van der Waals surface area (Å²) in [7, 11) is 0. The van der Waals surface area contributed by atoms with E-state index < -0.39 is 17.9 Å². The quantitative estimate of drug-likeness (QED) is 0.406. The zero-order valence-electron chi connectivity index (χ0n) is 17.5. The summed E-state index contributed by atoms with van der Waals surface area (Å²) in [6, 6.07) is 5.67. The number of nitrogens with two attached hydrogens (primary N) is 1. The molecule has 0 saturated carbocycles. The highest BCUT2D eigenvalue weighted by Gasteiger charge is 2.30. The molecular formula is C21H25ClIN5O3S. The SMILES string of the molecule is NC(=O)C(=O)N1CCc2c(c(-c3ccc(Cl)c(I)c3)nn2CC(O)CN2CCSCC2)C1. The summed E-state index contributed by atoms with van der Waals surface area (Å²) in [5.41, 5.74) is 8.70. The Kier molecular flexibility index (Phi) is 7.65. The molecule has 0 bridgehead atoms. The lowest BCUT2D eigenvalue weighted by atomic mass is 10.0. The van der Waals surface area contributed by atoms with E-state index in [1.165, 1.54) is 4.90 Å². The molecule has 1 aromatic heterocycles. The average Bonchev–Trinajstić information content (AvgIpc) is 3.13. The maximum Gasteiger partial charge on any atom is 0.311 e. The van der Waals surface area contributed by atoms with Crippen molar-refractivity contribution in [2.24, 2.45) is 5.73 Å². The number of hydrogen-bond donors (Lipinski definition) is 2. The van der Waals surface area contributed by atoms with Gasteiger partial charge in [-0.3, -0.25) is 19.2 Å². The Balaban J connectivity index is 1.63. The largest absolute Gasteiger partial charge is 0.390 e. The molecule has 2 aliphatic heterocycles. The van der Waals surface area contributed by atoms with Gasteiger partial charge in [-0.1, -0.05) is 17.7 Å². The lowest BCUT2D eigenvalue weighted by Gasteiger charge is -2.29. The molecule has 1 fully saturated rings. The van der Waals surface area contributed by atoms with E-state index in [0.29, 0.717) is 31.1 Å². The summed E-state index contributed by atoms with van der Waals surface area (Å²) in [5.74, 6) is 0.529. The molecule has 2 aliphatic rings. The van der Waals surface area contributed by atoms with E-state index in [9.17, 15) is 14.7 Å². The van der Waals surface area contributed by atoms with Crippen LogP contribution in [0, 0.1) is 3.57 Å². The number of aliphatic hydroxyl groups is 1. The Morgan fingerprint density at radius 2 is 2.00 bits per heavy atom. The monoisotopic (exact) mass is 589 g/mol. The first-order valence-electron chi connectivity index (χ1n) is 10.4. The highest BCUT2D eigenvalue weighted by atomic mass is 127. The van der Waals surface area contributed by atoms with Crippen molar-refractivity contribution >= 4 is 57.8 Å². The van der Waals surface area contributed by atoms with Crippen LogP contribution in [-0.2, 0) is 29.1 Å². The predicted molar refractivity (Wildman–Crippen MR) is 133 cm³/mol. The van der Waals surface area contributed by atoms with Crippen LogP contribution in [0.1, 0.15) is 11.3 Å². The lowest BCUT2D eigenvalue weighted by Crippen LogP contribution is -2.43. The van der Waals surface area contributed by atoms with Crippen molar-refractivity contribution in [3.8, 4) is 11.3 Å². The van der Waals surface area contributed by atoms with Gasteiger partial charge in [-0.25, -0.2) is 0 Å². The smallest absolute Gasteiger partial charge is 0.311 e. The van der Waals surface area contributed by atoms with Gasteiger partial charge in [0.1, 0.15) is 0 Å². The standard InChI is InChI=1S/C21H25ClIN5O3S/c22-16-2-1-13(9-17(16)23)19-15-12-27(21(31)20(24)30)4-3-18(15)28(25-19)11-14(29)10-26-5-7-32-8-6-26/h1-2,9,14,29H,3-8,10-12H2,(H2,24,30). The Hall–Kier alpha value is -1.34. The van der Waals surface area contributed by atoms with E-state index in [2.05, 4.69) is 27.5 Å².